The van der Waals surface area contributed by atoms with E-state index in [0.717, 1.165) is 12.2 Å². The summed E-state index contributed by atoms with van der Waals surface area (Å²) in [5.74, 6) is 1.12. The number of nitrogens with one attached hydrogen (secondary N) is 1. The number of aromatic nitrogens is 2. The molecule has 4 heteroatoms. The molecular formula is C13H19N3S. The fourth-order valence-electron chi connectivity index (χ4n) is 2.05. The molecule has 0 aromatic carbocycles. The number of aryl methyl sites for hydroxylation is 2. The Morgan fingerprint density at radius 2 is 2.41 bits per heavy atom. The van der Waals surface area contributed by atoms with E-state index in [-0.39, 0.29) is 0 Å². The Kier molecular flexibility index (Phi) is 4.34. The van der Waals surface area contributed by atoms with Crippen LogP contribution in [0, 0.1) is 0 Å². The average molecular weight is 249 g/mol. The molecule has 0 saturated heterocycles. The summed E-state index contributed by atoms with van der Waals surface area (Å²) in [5, 5.41) is 5.49. The van der Waals surface area contributed by atoms with Crippen molar-refractivity contribution in [1.82, 2.24) is 14.9 Å². The molecule has 3 nitrogen and oxygen atoms in total. The average Bonchev–Trinajstić information content (AvgIpc) is 2.96. The van der Waals surface area contributed by atoms with Crippen LogP contribution in [0.4, 0.5) is 0 Å². The highest BCUT2D eigenvalue weighted by molar-refractivity contribution is 7.09. The van der Waals surface area contributed by atoms with E-state index in [2.05, 4.69) is 32.4 Å². The van der Waals surface area contributed by atoms with Gasteiger partial charge in [-0.3, -0.25) is 0 Å². The standard InChI is InChI=1S/C13H19N3S/c1-14-12(13-15-8-9-16(13)2)7-3-5-11-6-4-10-17-11/h4,6,8-10,12,14H,3,5,7H2,1-2H3. The molecule has 1 unspecified atom stereocenters. The SMILES string of the molecule is CNC(CCCc1cccs1)c1nccn1C. The summed E-state index contributed by atoms with van der Waals surface area (Å²) >= 11 is 1.84. The molecule has 1 atom stereocenters. The molecule has 0 saturated carbocycles. The summed E-state index contributed by atoms with van der Waals surface area (Å²) in [6.07, 6.45) is 7.34. The molecule has 0 fully saturated rings. The summed E-state index contributed by atoms with van der Waals surface area (Å²) in [4.78, 5) is 5.88. The molecule has 2 heterocycles. The van der Waals surface area contributed by atoms with Crippen LogP contribution in [0.15, 0.2) is 29.9 Å². The Balaban J connectivity index is 1.86. The summed E-state index contributed by atoms with van der Waals surface area (Å²) in [6, 6.07) is 4.68. The van der Waals surface area contributed by atoms with Gasteiger partial charge in [-0.2, -0.15) is 0 Å². The van der Waals surface area contributed by atoms with Gasteiger partial charge in [-0.05, 0) is 37.8 Å². The zero-order valence-corrected chi connectivity index (χ0v) is 11.2. The van der Waals surface area contributed by atoms with Gasteiger partial charge in [0.1, 0.15) is 5.82 Å². The molecule has 17 heavy (non-hydrogen) atoms. The quantitative estimate of drug-likeness (QED) is 0.853. The van der Waals surface area contributed by atoms with Crippen molar-refractivity contribution in [2.75, 3.05) is 7.05 Å². The van der Waals surface area contributed by atoms with Crippen LogP contribution in [-0.2, 0) is 13.5 Å². The molecule has 0 radical (unpaired) electrons. The molecule has 92 valence electrons. The lowest BCUT2D eigenvalue weighted by molar-refractivity contribution is 0.489. The van der Waals surface area contributed by atoms with E-state index in [1.165, 1.54) is 17.7 Å². The lowest BCUT2D eigenvalue weighted by Crippen LogP contribution is -2.20. The predicted octanol–water partition coefficient (Wildman–Crippen LogP) is 2.77. The molecule has 0 amide bonds. The van der Waals surface area contributed by atoms with Gasteiger partial charge in [0.25, 0.3) is 0 Å². The molecule has 2 aromatic rings. The van der Waals surface area contributed by atoms with Crippen LogP contribution in [0.1, 0.15) is 29.6 Å². The van der Waals surface area contributed by atoms with Crippen LogP contribution in [0.25, 0.3) is 0 Å². The molecule has 1 N–H and O–H groups in total. The number of rotatable bonds is 6. The van der Waals surface area contributed by atoms with E-state index >= 15 is 0 Å². The maximum atomic E-state index is 4.41. The first kappa shape index (κ1) is 12.3. The van der Waals surface area contributed by atoms with E-state index in [4.69, 9.17) is 0 Å². The van der Waals surface area contributed by atoms with E-state index in [1.54, 1.807) is 0 Å². The van der Waals surface area contributed by atoms with Crippen LogP contribution in [-0.4, -0.2) is 16.6 Å². The van der Waals surface area contributed by atoms with E-state index in [1.807, 2.05) is 37.8 Å². The minimum atomic E-state index is 0.356. The molecular weight excluding hydrogens is 230 g/mol. The first-order chi connectivity index (χ1) is 8.31. The van der Waals surface area contributed by atoms with Gasteiger partial charge >= 0.3 is 0 Å². The summed E-state index contributed by atoms with van der Waals surface area (Å²) in [5.41, 5.74) is 0. The van der Waals surface area contributed by atoms with Crippen molar-refractivity contribution in [1.29, 1.82) is 0 Å². The zero-order chi connectivity index (χ0) is 12.1. The minimum Gasteiger partial charge on any atom is -0.337 e. The van der Waals surface area contributed by atoms with Gasteiger partial charge in [-0.25, -0.2) is 4.98 Å². The third-order valence-corrected chi connectivity index (χ3v) is 3.95. The number of hydrogen-bond acceptors (Lipinski definition) is 3. The van der Waals surface area contributed by atoms with Crippen LogP contribution in [0.2, 0.25) is 0 Å². The van der Waals surface area contributed by atoms with E-state index < -0.39 is 0 Å². The second-order valence-electron chi connectivity index (χ2n) is 4.21. The monoisotopic (exact) mass is 249 g/mol. The first-order valence-corrected chi connectivity index (χ1v) is 6.86. The van der Waals surface area contributed by atoms with Gasteiger partial charge in [0, 0.05) is 24.3 Å². The van der Waals surface area contributed by atoms with Gasteiger partial charge in [0.15, 0.2) is 0 Å². The fraction of sp³-hybridized carbons (Fsp3) is 0.462. The Hall–Kier alpha value is -1.13. The molecule has 0 bridgehead atoms. The van der Waals surface area contributed by atoms with Gasteiger partial charge in [-0.15, -0.1) is 11.3 Å². The van der Waals surface area contributed by atoms with Crippen LogP contribution < -0.4 is 5.32 Å². The van der Waals surface area contributed by atoms with Crippen LogP contribution in [0.3, 0.4) is 0 Å². The lowest BCUT2D eigenvalue weighted by atomic mass is 10.1. The Morgan fingerprint density at radius 1 is 1.53 bits per heavy atom. The molecule has 0 aliphatic rings. The number of nitrogens with zero attached hydrogens (tertiary/aromatic N) is 2. The van der Waals surface area contributed by atoms with Gasteiger partial charge < -0.3 is 9.88 Å². The van der Waals surface area contributed by atoms with Gasteiger partial charge in [0.2, 0.25) is 0 Å². The van der Waals surface area contributed by atoms with Gasteiger partial charge in [0.05, 0.1) is 6.04 Å². The van der Waals surface area contributed by atoms with E-state index in [9.17, 15) is 0 Å². The first-order valence-electron chi connectivity index (χ1n) is 5.98. The summed E-state index contributed by atoms with van der Waals surface area (Å²) in [7, 11) is 4.05. The van der Waals surface area contributed by atoms with Crippen molar-refractivity contribution < 1.29 is 0 Å². The second kappa shape index (κ2) is 5.98. The van der Waals surface area contributed by atoms with Crippen molar-refractivity contribution in [2.45, 2.75) is 25.3 Å². The van der Waals surface area contributed by atoms with Gasteiger partial charge in [-0.1, -0.05) is 6.07 Å². The number of hydrogen-bond donors (Lipinski definition) is 1. The molecule has 0 spiro atoms. The molecule has 0 aliphatic carbocycles. The molecule has 2 rings (SSSR count). The van der Waals surface area contributed by atoms with Crippen molar-refractivity contribution in [3.63, 3.8) is 0 Å². The highest BCUT2D eigenvalue weighted by Gasteiger charge is 2.13. The molecule has 2 aromatic heterocycles. The van der Waals surface area contributed by atoms with Crippen molar-refractivity contribution >= 4 is 11.3 Å². The summed E-state index contributed by atoms with van der Waals surface area (Å²) in [6.45, 7) is 0. The Morgan fingerprint density at radius 3 is 3.00 bits per heavy atom. The number of thiophene rings is 1. The maximum Gasteiger partial charge on any atom is 0.125 e. The lowest BCUT2D eigenvalue weighted by Gasteiger charge is -2.15. The largest absolute Gasteiger partial charge is 0.337 e. The van der Waals surface area contributed by atoms with Crippen molar-refractivity contribution in [2.24, 2.45) is 7.05 Å². The fourth-order valence-corrected chi connectivity index (χ4v) is 2.80. The van der Waals surface area contributed by atoms with E-state index in [0.29, 0.717) is 6.04 Å². The molecule has 0 aliphatic heterocycles. The van der Waals surface area contributed by atoms with Crippen LogP contribution in [0.5, 0.6) is 0 Å². The van der Waals surface area contributed by atoms with Crippen LogP contribution >= 0.6 is 11.3 Å². The second-order valence-corrected chi connectivity index (χ2v) is 5.24. The Labute approximate surface area is 107 Å². The smallest absolute Gasteiger partial charge is 0.125 e. The summed E-state index contributed by atoms with van der Waals surface area (Å²) < 4.78 is 2.09. The normalized spacial score (nSPS) is 12.8. The third kappa shape index (κ3) is 3.17. The highest BCUT2D eigenvalue weighted by Crippen LogP contribution is 2.19. The predicted molar refractivity (Wildman–Crippen MR) is 72.3 cm³/mol. The Bertz CT molecular complexity index is 433. The number of imidazole rings is 1. The third-order valence-electron chi connectivity index (χ3n) is 3.01. The van der Waals surface area contributed by atoms with Crippen molar-refractivity contribution in [3.8, 4) is 0 Å². The topological polar surface area (TPSA) is 29.9 Å². The minimum absolute atomic E-state index is 0.356. The maximum absolute atomic E-state index is 4.41. The van der Waals surface area contributed by atoms with Crippen molar-refractivity contribution in [3.05, 3.63) is 40.6 Å². The highest BCUT2D eigenvalue weighted by atomic mass is 32.1. The zero-order valence-electron chi connectivity index (χ0n) is 10.4.